The Labute approximate surface area is 74.5 Å². The van der Waals surface area contributed by atoms with Gasteiger partial charge in [0.2, 0.25) is 0 Å². The van der Waals surface area contributed by atoms with Crippen molar-refractivity contribution in [2.24, 2.45) is 0 Å². The quantitative estimate of drug-likeness (QED) is 0.652. The molecule has 0 aromatic heterocycles. The van der Waals surface area contributed by atoms with Crippen LogP contribution in [0.3, 0.4) is 0 Å². The molecule has 0 amide bonds. The van der Waals surface area contributed by atoms with Crippen molar-refractivity contribution < 1.29 is 9.53 Å². The number of nitrogens with one attached hydrogen (secondary N) is 1. The molecule has 1 unspecified atom stereocenters. The topological polar surface area (TPSA) is 38.3 Å². The van der Waals surface area contributed by atoms with Crippen molar-refractivity contribution in [3.63, 3.8) is 0 Å². The minimum absolute atomic E-state index is 0.0447. The first-order chi connectivity index (χ1) is 5.46. The molecule has 3 heteroatoms. The zero-order valence-electron chi connectivity index (χ0n) is 8.60. The van der Waals surface area contributed by atoms with E-state index in [2.05, 4.69) is 5.32 Å². The summed E-state index contributed by atoms with van der Waals surface area (Å²) in [7, 11) is 1.77. The maximum absolute atomic E-state index is 11.5. The predicted molar refractivity (Wildman–Crippen MR) is 49.0 cm³/mol. The second-order valence-electron chi connectivity index (χ2n) is 3.39. The molecule has 12 heavy (non-hydrogen) atoms. The van der Waals surface area contributed by atoms with E-state index < -0.39 is 5.54 Å². The minimum Gasteiger partial charge on any atom is -0.462 e. The van der Waals surface area contributed by atoms with Gasteiger partial charge >= 0.3 is 5.97 Å². The number of rotatable bonds is 4. The molecule has 0 aliphatic rings. The monoisotopic (exact) mass is 173 g/mol. The molecule has 1 atom stereocenters. The average molecular weight is 173 g/mol. The lowest BCUT2D eigenvalue weighted by atomic mass is 10.00. The fourth-order valence-corrected chi connectivity index (χ4v) is 0.767. The van der Waals surface area contributed by atoms with E-state index in [0.717, 1.165) is 6.42 Å². The first-order valence-electron chi connectivity index (χ1n) is 4.36. The summed E-state index contributed by atoms with van der Waals surface area (Å²) in [6.07, 6.45) is 0.687. The van der Waals surface area contributed by atoms with Crippen molar-refractivity contribution in [1.29, 1.82) is 0 Å². The van der Waals surface area contributed by atoms with Crippen molar-refractivity contribution in [2.45, 2.75) is 45.8 Å². The lowest BCUT2D eigenvalue weighted by Gasteiger charge is -2.26. The van der Waals surface area contributed by atoms with Gasteiger partial charge in [0, 0.05) is 0 Å². The number of carbonyl (C=O) groups excluding carboxylic acids is 1. The third kappa shape index (κ3) is 2.81. The molecule has 72 valence electrons. The molecule has 0 radical (unpaired) electrons. The summed E-state index contributed by atoms with van der Waals surface area (Å²) in [6, 6.07) is 0. The lowest BCUT2D eigenvalue weighted by molar-refractivity contribution is -0.154. The van der Waals surface area contributed by atoms with E-state index in [4.69, 9.17) is 4.74 Å². The van der Waals surface area contributed by atoms with Crippen molar-refractivity contribution in [1.82, 2.24) is 5.32 Å². The summed E-state index contributed by atoms with van der Waals surface area (Å²) in [6.45, 7) is 7.50. The van der Waals surface area contributed by atoms with E-state index in [0.29, 0.717) is 0 Å². The molecule has 0 rings (SSSR count). The number of esters is 1. The van der Waals surface area contributed by atoms with Crippen LogP contribution in [0.1, 0.15) is 34.1 Å². The summed E-state index contributed by atoms with van der Waals surface area (Å²) in [5, 5.41) is 2.96. The number of ether oxygens (including phenoxy) is 1. The Balaban J connectivity index is 4.22. The Morgan fingerprint density at radius 2 is 2.08 bits per heavy atom. The Hall–Kier alpha value is -0.570. The van der Waals surface area contributed by atoms with E-state index in [1.54, 1.807) is 7.05 Å². The van der Waals surface area contributed by atoms with Crippen LogP contribution in [-0.2, 0) is 9.53 Å². The van der Waals surface area contributed by atoms with Crippen LogP contribution < -0.4 is 5.32 Å². The van der Waals surface area contributed by atoms with Gasteiger partial charge in [-0.2, -0.15) is 0 Å². The highest BCUT2D eigenvalue weighted by Gasteiger charge is 2.31. The van der Waals surface area contributed by atoms with E-state index >= 15 is 0 Å². The second kappa shape index (κ2) is 4.45. The van der Waals surface area contributed by atoms with Gasteiger partial charge in [-0.3, -0.25) is 4.79 Å². The SMILES string of the molecule is CCC(C)(NC)C(=O)OC(C)C. The third-order valence-electron chi connectivity index (χ3n) is 2.05. The summed E-state index contributed by atoms with van der Waals surface area (Å²) < 4.78 is 5.10. The average Bonchev–Trinajstić information content (AvgIpc) is 2.02. The Morgan fingerprint density at radius 3 is 2.33 bits per heavy atom. The molecule has 0 fully saturated rings. The molecule has 0 heterocycles. The molecule has 0 aromatic rings. The standard InChI is InChI=1S/C9H19NO2/c1-6-9(4,10-5)8(11)12-7(2)3/h7,10H,6H2,1-5H3. The normalized spacial score (nSPS) is 15.8. The molecule has 1 N–H and O–H groups in total. The maximum atomic E-state index is 11.5. The minimum atomic E-state index is -0.537. The molecule has 0 spiro atoms. The van der Waals surface area contributed by atoms with Crippen molar-refractivity contribution in [3.05, 3.63) is 0 Å². The summed E-state index contributed by atoms with van der Waals surface area (Å²) in [4.78, 5) is 11.5. The van der Waals surface area contributed by atoms with Crippen LogP contribution >= 0.6 is 0 Å². The van der Waals surface area contributed by atoms with Gasteiger partial charge < -0.3 is 10.1 Å². The van der Waals surface area contributed by atoms with Crippen LogP contribution in [0, 0.1) is 0 Å². The van der Waals surface area contributed by atoms with Crippen LogP contribution in [0.15, 0.2) is 0 Å². The first-order valence-corrected chi connectivity index (χ1v) is 4.36. The molecule has 0 saturated carbocycles. The van der Waals surface area contributed by atoms with Crippen LogP contribution in [0.4, 0.5) is 0 Å². The molecule has 0 saturated heterocycles. The Morgan fingerprint density at radius 1 is 1.58 bits per heavy atom. The maximum Gasteiger partial charge on any atom is 0.326 e. The van der Waals surface area contributed by atoms with Gasteiger partial charge in [0.05, 0.1) is 6.10 Å². The second-order valence-corrected chi connectivity index (χ2v) is 3.39. The smallest absolute Gasteiger partial charge is 0.326 e. The van der Waals surface area contributed by atoms with E-state index in [1.807, 2.05) is 27.7 Å². The van der Waals surface area contributed by atoms with Gasteiger partial charge in [0.15, 0.2) is 0 Å². The van der Waals surface area contributed by atoms with Crippen LogP contribution in [-0.4, -0.2) is 24.7 Å². The molecule has 0 bridgehead atoms. The van der Waals surface area contributed by atoms with Gasteiger partial charge in [-0.15, -0.1) is 0 Å². The van der Waals surface area contributed by atoms with Crippen molar-refractivity contribution in [3.8, 4) is 0 Å². The van der Waals surface area contributed by atoms with Gasteiger partial charge in [0.25, 0.3) is 0 Å². The van der Waals surface area contributed by atoms with E-state index in [1.165, 1.54) is 0 Å². The summed E-state index contributed by atoms with van der Waals surface area (Å²) in [5.41, 5.74) is -0.537. The fourth-order valence-electron chi connectivity index (χ4n) is 0.767. The first kappa shape index (κ1) is 11.4. The summed E-state index contributed by atoms with van der Waals surface area (Å²) in [5.74, 6) is -0.178. The highest BCUT2D eigenvalue weighted by molar-refractivity contribution is 5.80. The molecular formula is C9H19NO2. The Kier molecular flexibility index (Phi) is 4.24. The molecular weight excluding hydrogens is 154 g/mol. The molecule has 0 aliphatic heterocycles. The predicted octanol–water partition coefficient (Wildman–Crippen LogP) is 1.33. The zero-order chi connectivity index (χ0) is 9.78. The number of carbonyl (C=O) groups is 1. The fraction of sp³-hybridized carbons (Fsp3) is 0.889. The third-order valence-corrected chi connectivity index (χ3v) is 2.05. The molecule has 0 aromatic carbocycles. The Bertz CT molecular complexity index is 151. The van der Waals surface area contributed by atoms with Gasteiger partial charge in [-0.1, -0.05) is 6.92 Å². The highest BCUT2D eigenvalue weighted by Crippen LogP contribution is 2.11. The van der Waals surface area contributed by atoms with E-state index in [-0.39, 0.29) is 12.1 Å². The van der Waals surface area contributed by atoms with Crippen LogP contribution in [0.5, 0.6) is 0 Å². The highest BCUT2D eigenvalue weighted by atomic mass is 16.5. The zero-order valence-corrected chi connectivity index (χ0v) is 8.60. The molecule has 0 aliphatic carbocycles. The van der Waals surface area contributed by atoms with Gasteiger partial charge in [0.1, 0.15) is 5.54 Å². The number of hydrogen-bond acceptors (Lipinski definition) is 3. The van der Waals surface area contributed by atoms with Gasteiger partial charge in [-0.05, 0) is 34.2 Å². The largest absolute Gasteiger partial charge is 0.462 e. The number of hydrogen-bond donors (Lipinski definition) is 1. The van der Waals surface area contributed by atoms with Crippen molar-refractivity contribution >= 4 is 5.97 Å². The van der Waals surface area contributed by atoms with Crippen molar-refractivity contribution in [2.75, 3.05) is 7.05 Å². The van der Waals surface area contributed by atoms with Crippen LogP contribution in [0.25, 0.3) is 0 Å². The van der Waals surface area contributed by atoms with Gasteiger partial charge in [-0.25, -0.2) is 0 Å². The number of likely N-dealkylation sites (N-methyl/N-ethyl adjacent to an activating group) is 1. The van der Waals surface area contributed by atoms with E-state index in [9.17, 15) is 4.79 Å². The molecule has 3 nitrogen and oxygen atoms in total. The summed E-state index contributed by atoms with van der Waals surface area (Å²) >= 11 is 0. The lowest BCUT2D eigenvalue weighted by Crippen LogP contribution is -2.48. The van der Waals surface area contributed by atoms with Crippen LogP contribution in [0.2, 0.25) is 0 Å².